The molecule has 0 heterocycles. The van der Waals surface area contributed by atoms with Crippen molar-refractivity contribution in [1.82, 2.24) is 5.06 Å². The molecule has 0 aromatic heterocycles. The van der Waals surface area contributed by atoms with E-state index >= 15 is 0 Å². The van der Waals surface area contributed by atoms with Gasteiger partial charge in [0.25, 0.3) is 5.91 Å². The molecule has 0 rings (SSSR count). The Morgan fingerprint density at radius 1 is 1.33 bits per heavy atom. The summed E-state index contributed by atoms with van der Waals surface area (Å²) in [7, 11) is -2.22. The number of hydroxylamine groups is 2. The summed E-state index contributed by atoms with van der Waals surface area (Å²) in [6.45, 7) is 3.74. The van der Waals surface area contributed by atoms with Crippen molar-refractivity contribution < 1.29 is 32.4 Å². The first-order valence-corrected chi connectivity index (χ1v) is 9.45. The van der Waals surface area contributed by atoms with Gasteiger partial charge in [-0.15, -0.1) is 0 Å². The summed E-state index contributed by atoms with van der Waals surface area (Å²) < 4.78 is 28.2. The van der Waals surface area contributed by atoms with Crippen molar-refractivity contribution in [2.24, 2.45) is 11.1 Å². The third-order valence-electron chi connectivity index (χ3n) is 3.39. The van der Waals surface area contributed by atoms with E-state index < -0.39 is 39.2 Å². The van der Waals surface area contributed by atoms with E-state index in [4.69, 9.17) is 15.3 Å². The van der Waals surface area contributed by atoms with E-state index in [-0.39, 0.29) is 19.4 Å². The lowest BCUT2D eigenvalue weighted by Gasteiger charge is -2.33. The highest BCUT2D eigenvalue weighted by molar-refractivity contribution is 7.90. The second kappa shape index (κ2) is 9.58. The lowest BCUT2D eigenvalue weighted by atomic mass is 9.84. The molecule has 24 heavy (non-hydrogen) atoms. The molecule has 1 atom stereocenters. The van der Waals surface area contributed by atoms with E-state index in [1.54, 1.807) is 13.8 Å². The van der Waals surface area contributed by atoms with Crippen LogP contribution in [0.3, 0.4) is 0 Å². The fourth-order valence-corrected chi connectivity index (χ4v) is 2.94. The molecule has 0 fully saturated rings. The fraction of sp³-hybridized carbons (Fsp3) is 0.786. The van der Waals surface area contributed by atoms with Gasteiger partial charge in [0.15, 0.2) is 9.84 Å². The van der Waals surface area contributed by atoms with Crippen LogP contribution in [0.5, 0.6) is 0 Å². The molecule has 0 bridgehead atoms. The van der Waals surface area contributed by atoms with Crippen molar-refractivity contribution in [1.29, 1.82) is 0 Å². The second-order valence-electron chi connectivity index (χ2n) is 6.16. The van der Waals surface area contributed by atoms with Crippen LogP contribution in [0.2, 0.25) is 0 Å². The van der Waals surface area contributed by atoms with Gasteiger partial charge < -0.3 is 20.1 Å². The lowest BCUT2D eigenvalue weighted by Crippen LogP contribution is -2.42. The zero-order chi connectivity index (χ0) is 19.0. The molecule has 0 aliphatic heterocycles. The molecule has 9 nitrogen and oxygen atoms in total. The minimum atomic E-state index is -3.42. The second-order valence-corrected chi connectivity index (χ2v) is 8.35. The van der Waals surface area contributed by atoms with Crippen LogP contribution >= 0.6 is 0 Å². The number of ether oxygens (including phenoxy) is 1. The zero-order valence-electron chi connectivity index (χ0n) is 14.5. The largest absolute Gasteiger partial charge is 0.533 e. The molecular formula is C14H26N2O7S. The lowest BCUT2D eigenvalue weighted by molar-refractivity contribution is -0.169. The van der Waals surface area contributed by atoms with Crippen molar-refractivity contribution in [3.05, 3.63) is 0 Å². The molecule has 0 aliphatic carbocycles. The maximum atomic E-state index is 11.8. The van der Waals surface area contributed by atoms with Crippen LogP contribution in [0.4, 0.5) is 4.79 Å². The molecule has 1 amide bonds. The smallest absolute Gasteiger partial charge is 0.428 e. The molecule has 0 saturated heterocycles. The van der Waals surface area contributed by atoms with Crippen molar-refractivity contribution in [3.8, 4) is 0 Å². The summed E-state index contributed by atoms with van der Waals surface area (Å²) in [6, 6.07) is 0. The van der Waals surface area contributed by atoms with Gasteiger partial charge in [-0.3, -0.25) is 4.79 Å². The number of hydrogen-bond donors (Lipinski definition) is 1. The number of aldehydes is 1. The Balaban J connectivity index is 4.92. The number of carbonyl (C=O) groups excluding carboxylic acids is 3. The molecule has 10 heteroatoms. The van der Waals surface area contributed by atoms with Crippen LogP contribution in [-0.4, -0.2) is 63.5 Å². The molecule has 0 saturated carbocycles. The van der Waals surface area contributed by atoms with Crippen molar-refractivity contribution in [2.45, 2.75) is 39.2 Å². The van der Waals surface area contributed by atoms with Gasteiger partial charge in [0.05, 0.1) is 5.75 Å². The van der Waals surface area contributed by atoms with Crippen molar-refractivity contribution in [2.75, 3.05) is 25.6 Å². The van der Waals surface area contributed by atoms with Crippen molar-refractivity contribution in [3.63, 3.8) is 0 Å². The van der Waals surface area contributed by atoms with E-state index in [1.165, 1.54) is 7.05 Å². The van der Waals surface area contributed by atoms with Crippen LogP contribution < -0.4 is 5.73 Å². The molecule has 0 spiro atoms. The normalized spacial score (nSPS) is 13.0. The number of rotatable bonds is 9. The molecule has 0 aromatic rings. The third-order valence-corrected chi connectivity index (χ3v) is 4.30. The molecule has 1 unspecified atom stereocenters. The van der Waals surface area contributed by atoms with Crippen LogP contribution in [0.15, 0.2) is 0 Å². The number of sulfone groups is 1. The number of carbonyl (C=O) groups is 3. The Kier molecular flexibility index (Phi) is 8.91. The standard InChI is InChI=1S/C14H26N2O7S/c1-14(2,7-8-15)11(10-24(4,20)21)22-13(19)23-16(3)12(18)6-5-9-17/h9,11H,5-8,10,15H2,1-4H3. The summed E-state index contributed by atoms with van der Waals surface area (Å²) in [5.74, 6) is -0.974. The summed E-state index contributed by atoms with van der Waals surface area (Å²) >= 11 is 0. The van der Waals surface area contributed by atoms with Gasteiger partial charge in [-0.05, 0) is 13.0 Å². The summed E-state index contributed by atoms with van der Waals surface area (Å²) in [5, 5.41) is 0.652. The fourth-order valence-electron chi connectivity index (χ4n) is 1.87. The molecule has 0 aliphatic rings. The number of amides is 1. The quantitative estimate of drug-likeness (QED) is 0.349. The van der Waals surface area contributed by atoms with E-state index in [2.05, 4.69) is 0 Å². The number of nitrogens with zero attached hydrogens (tertiary/aromatic N) is 1. The Bertz CT molecular complexity index is 545. The average Bonchev–Trinajstić information content (AvgIpc) is 2.42. The predicted molar refractivity (Wildman–Crippen MR) is 86.6 cm³/mol. The Morgan fingerprint density at radius 3 is 2.38 bits per heavy atom. The summed E-state index contributed by atoms with van der Waals surface area (Å²) in [6.07, 6.45) is -0.267. The number of hydrogen-bond acceptors (Lipinski definition) is 8. The minimum absolute atomic E-state index is 0.00180. The van der Waals surface area contributed by atoms with Crippen LogP contribution in [0.25, 0.3) is 0 Å². The van der Waals surface area contributed by atoms with Crippen LogP contribution in [-0.2, 0) is 29.0 Å². The molecule has 0 radical (unpaired) electrons. The maximum absolute atomic E-state index is 11.8. The zero-order valence-corrected chi connectivity index (χ0v) is 15.3. The predicted octanol–water partition coefficient (Wildman–Crippen LogP) is 0.280. The van der Waals surface area contributed by atoms with Gasteiger partial charge in [-0.1, -0.05) is 13.8 Å². The van der Waals surface area contributed by atoms with Crippen LogP contribution in [0.1, 0.15) is 33.1 Å². The van der Waals surface area contributed by atoms with E-state index in [1.807, 2.05) is 0 Å². The first-order chi connectivity index (χ1) is 10.9. The number of nitrogens with two attached hydrogens (primary N) is 1. The highest BCUT2D eigenvalue weighted by Gasteiger charge is 2.36. The maximum Gasteiger partial charge on any atom is 0.533 e. The van der Waals surface area contributed by atoms with Gasteiger partial charge in [0.1, 0.15) is 12.4 Å². The van der Waals surface area contributed by atoms with Gasteiger partial charge in [-0.25, -0.2) is 13.2 Å². The monoisotopic (exact) mass is 366 g/mol. The first kappa shape index (κ1) is 22.3. The molecule has 140 valence electrons. The highest BCUT2D eigenvalue weighted by atomic mass is 32.2. The summed E-state index contributed by atoms with van der Waals surface area (Å²) in [5.41, 5.74) is 4.81. The summed E-state index contributed by atoms with van der Waals surface area (Å²) in [4.78, 5) is 38.4. The van der Waals surface area contributed by atoms with Gasteiger partial charge in [0, 0.05) is 31.6 Å². The van der Waals surface area contributed by atoms with Gasteiger partial charge in [0.2, 0.25) is 0 Å². The Hall–Kier alpha value is -1.68. The SMILES string of the molecule is CN(OC(=O)OC(CS(C)(=O)=O)C(C)(C)CCN)C(=O)CCC=O. The first-order valence-electron chi connectivity index (χ1n) is 7.39. The van der Waals surface area contributed by atoms with Gasteiger partial charge >= 0.3 is 6.16 Å². The molecular weight excluding hydrogens is 340 g/mol. The third kappa shape index (κ3) is 8.82. The average molecular weight is 366 g/mol. The van der Waals surface area contributed by atoms with Crippen molar-refractivity contribution >= 4 is 28.2 Å². The Morgan fingerprint density at radius 2 is 1.92 bits per heavy atom. The topological polar surface area (TPSA) is 133 Å². The van der Waals surface area contributed by atoms with Gasteiger partial charge in [-0.2, -0.15) is 5.06 Å². The molecule has 2 N–H and O–H groups in total. The van der Waals surface area contributed by atoms with E-state index in [0.717, 1.165) is 6.26 Å². The Labute approximate surface area is 142 Å². The molecule has 0 aromatic carbocycles. The van der Waals surface area contributed by atoms with E-state index in [9.17, 15) is 22.8 Å². The van der Waals surface area contributed by atoms with E-state index in [0.29, 0.717) is 17.8 Å². The minimum Gasteiger partial charge on any atom is -0.428 e. The highest BCUT2D eigenvalue weighted by Crippen LogP contribution is 2.28. The van der Waals surface area contributed by atoms with Crippen LogP contribution in [0, 0.1) is 5.41 Å².